The van der Waals surface area contributed by atoms with Crippen molar-refractivity contribution in [3.05, 3.63) is 54.6 Å². The minimum Gasteiger partial charge on any atom is -0.493 e. The van der Waals surface area contributed by atoms with Crippen molar-refractivity contribution < 1.29 is 4.74 Å². The summed E-state index contributed by atoms with van der Waals surface area (Å²) in [6, 6.07) is 18.2. The summed E-state index contributed by atoms with van der Waals surface area (Å²) in [5, 5.41) is 3.36. The summed E-state index contributed by atoms with van der Waals surface area (Å²) in [6.45, 7) is 1.79. The van der Waals surface area contributed by atoms with Gasteiger partial charge in [0.25, 0.3) is 0 Å². The van der Waals surface area contributed by atoms with Gasteiger partial charge in [0.05, 0.1) is 6.61 Å². The van der Waals surface area contributed by atoms with Gasteiger partial charge in [0.15, 0.2) is 0 Å². The van der Waals surface area contributed by atoms with Crippen LogP contribution < -0.4 is 10.1 Å². The summed E-state index contributed by atoms with van der Waals surface area (Å²) in [6.07, 6.45) is 1.03. The molecule has 1 N–H and O–H groups in total. The van der Waals surface area contributed by atoms with Gasteiger partial charge in [-0.05, 0) is 44.8 Å². The van der Waals surface area contributed by atoms with E-state index in [1.54, 1.807) is 0 Å². The minimum atomic E-state index is 0.743. The van der Waals surface area contributed by atoms with Crippen molar-refractivity contribution >= 4 is 11.4 Å². The van der Waals surface area contributed by atoms with Gasteiger partial charge in [-0.2, -0.15) is 0 Å². The van der Waals surface area contributed by atoms with Gasteiger partial charge in [0, 0.05) is 24.0 Å². The van der Waals surface area contributed by atoms with Crippen LogP contribution in [0.15, 0.2) is 54.6 Å². The number of para-hydroxylation sites is 1. The highest BCUT2D eigenvalue weighted by molar-refractivity contribution is 5.60. The molecule has 0 heterocycles. The molecule has 2 aromatic rings. The van der Waals surface area contributed by atoms with Crippen LogP contribution in [0.25, 0.3) is 0 Å². The Bertz CT molecular complexity index is 511. The third-order valence-corrected chi connectivity index (χ3v) is 2.91. The third-order valence-electron chi connectivity index (χ3n) is 2.91. The van der Waals surface area contributed by atoms with Gasteiger partial charge in [-0.1, -0.05) is 24.3 Å². The van der Waals surface area contributed by atoms with Crippen LogP contribution in [0.4, 0.5) is 11.4 Å². The SMILES string of the molecule is CN(C)CCCOc1cccc(Nc2ccccc2)c1. The lowest BCUT2D eigenvalue weighted by atomic mass is 10.2. The van der Waals surface area contributed by atoms with Crippen molar-refractivity contribution in [2.75, 3.05) is 32.6 Å². The largest absolute Gasteiger partial charge is 0.493 e. The lowest BCUT2D eigenvalue weighted by Gasteiger charge is -2.12. The van der Waals surface area contributed by atoms with E-state index in [0.717, 1.165) is 36.7 Å². The highest BCUT2D eigenvalue weighted by atomic mass is 16.5. The summed E-state index contributed by atoms with van der Waals surface area (Å²) >= 11 is 0. The lowest BCUT2D eigenvalue weighted by molar-refractivity contribution is 0.281. The molecule has 0 saturated heterocycles. The van der Waals surface area contributed by atoms with Crippen molar-refractivity contribution in [2.45, 2.75) is 6.42 Å². The molecule has 0 bridgehead atoms. The van der Waals surface area contributed by atoms with Crippen LogP contribution in [0.3, 0.4) is 0 Å². The molecule has 0 aliphatic heterocycles. The summed E-state index contributed by atoms with van der Waals surface area (Å²) in [7, 11) is 4.15. The van der Waals surface area contributed by atoms with Crippen molar-refractivity contribution in [1.82, 2.24) is 4.90 Å². The molecule has 2 aromatic carbocycles. The molecule has 0 aromatic heterocycles. The number of anilines is 2. The second-order valence-corrected chi connectivity index (χ2v) is 5.02. The molecular weight excluding hydrogens is 248 g/mol. The molecule has 0 radical (unpaired) electrons. The first-order valence-corrected chi connectivity index (χ1v) is 6.94. The maximum Gasteiger partial charge on any atom is 0.121 e. The topological polar surface area (TPSA) is 24.5 Å². The van der Waals surface area contributed by atoms with E-state index in [2.05, 4.69) is 24.3 Å². The summed E-state index contributed by atoms with van der Waals surface area (Å²) < 4.78 is 5.77. The van der Waals surface area contributed by atoms with Crippen molar-refractivity contribution in [2.24, 2.45) is 0 Å². The molecule has 3 heteroatoms. The molecule has 0 atom stereocenters. The lowest BCUT2D eigenvalue weighted by Crippen LogP contribution is -2.15. The van der Waals surface area contributed by atoms with E-state index in [0.29, 0.717) is 0 Å². The highest BCUT2D eigenvalue weighted by Crippen LogP contribution is 2.21. The van der Waals surface area contributed by atoms with Crippen molar-refractivity contribution in [3.63, 3.8) is 0 Å². The van der Waals surface area contributed by atoms with Crippen LogP contribution in [-0.2, 0) is 0 Å². The summed E-state index contributed by atoms with van der Waals surface area (Å²) in [5.74, 6) is 0.907. The Morgan fingerprint density at radius 3 is 2.45 bits per heavy atom. The quantitative estimate of drug-likeness (QED) is 0.775. The van der Waals surface area contributed by atoms with Gasteiger partial charge in [0.1, 0.15) is 5.75 Å². The van der Waals surface area contributed by atoms with Crippen LogP contribution in [0, 0.1) is 0 Å². The first kappa shape index (κ1) is 14.4. The van der Waals surface area contributed by atoms with E-state index < -0.39 is 0 Å². The number of ether oxygens (including phenoxy) is 1. The Balaban J connectivity index is 1.88. The number of benzene rings is 2. The van der Waals surface area contributed by atoms with E-state index in [-0.39, 0.29) is 0 Å². The number of hydrogen-bond donors (Lipinski definition) is 1. The van der Waals surface area contributed by atoms with Crippen LogP contribution in [0.5, 0.6) is 5.75 Å². The fourth-order valence-electron chi connectivity index (χ4n) is 1.92. The Hall–Kier alpha value is -2.00. The molecule has 0 unspecified atom stereocenters. The summed E-state index contributed by atoms with van der Waals surface area (Å²) in [5.41, 5.74) is 2.12. The molecule has 106 valence electrons. The zero-order valence-corrected chi connectivity index (χ0v) is 12.2. The standard InChI is InChI=1S/C17H22N2O/c1-19(2)12-7-13-20-17-11-6-10-16(14-17)18-15-8-4-3-5-9-15/h3-6,8-11,14,18H,7,12-13H2,1-2H3. The maximum absolute atomic E-state index is 5.77. The molecule has 0 spiro atoms. The minimum absolute atomic E-state index is 0.743. The first-order valence-electron chi connectivity index (χ1n) is 6.94. The van der Waals surface area contributed by atoms with Crippen molar-refractivity contribution in [3.8, 4) is 5.75 Å². The normalized spacial score (nSPS) is 10.6. The summed E-state index contributed by atoms with van der Waals surface area (Å²) in [4.78, 5) is 2.16. The zero-order chi connectivity index (χ0) is 14.2. The molecule has 20 heavy (non-hydrogen) atoms. The average molecular weight is 270 g/mol. The predicted molar refractivity (Wildman–Crippen MR) is 84.8 cm³/mol. The van der Waals surface area contributed by atoms with Gasteiger partial charge in [-0.15, -0.1) is 0 Å². The second-order valence-electron chi connectivity index (χ2n) is 5.02. The molecule has 2 rings (SSSR count). The molecule has 0 fully saturated rings. The smallest absolute Gasteiger partial charge is 0.121 e. The highest BCUT2D eigenvalue weighted by Gasteiger charge is 1.98. The van der Waals surface area contributed by atoms with Gasteiger partial charge in [0.2, 0.25) is 0 Å². The van der Waals surface area contributed by atoms with E-state index in [1.807, 2.05) is 54.6 Å². The van der Waals surface area contributed by atoms with E-state index >= 15 is 0 Å². The van der Waals surface area contributed by atoms with Crippen LogP contribution in [0.1, 0.15) is 6.42 Å². The third kappa shape index (κ3) is 4.94. The maximum atomic E-state index is 5.77. The van der Waals surface area contributed by atoms with Gasteiger partial charge in [-0.25, -0.2) is 0 Å². The Morgan fingerprint density at radius 1 is 0.950 bits per heavy atom. The molecule has 0 aliphatic rings. The zero-order valence-electron chi connectivity index (χ0n) is 12.2. The average Bonchev–Trinajstić information content (AvgIpc) is 2.45. The van der Waals surface area contributed by atoms with E-state index in [1.165, 1.54) is 0 Å². The Kier molecular flexibility index (Phi) is 5.44. The molecule has 0 aliphatic carbocycles. The van der Waals surface area contributed by atoms with Crippen LogP contribution in [0.2, 0.25) is 0 Å². The van der Waals surface area contributed by atoms with Gasteiger partial charge >= 0.3 is 0 Å². The van der Waals surface area contributed by atoms with Gasteiger partial charge in [-0.3, -0.25) is 0 Å². The van der Waals surface area contributed by atoms with Gasteiger partial charge < -0.3 is 15.0 Å². The first-order chi connectivity index (χ1) is 9.74. The number of nitrogens with zero attached hydrogens (tertiary/aromatic N) is 1. The monoisotopic (exact) mass is 270 g/mol. The number of nitrogens with one attached hydrogen (secondary N) is 1. The molecule has 0 saturated carbocycles. The molecular formula is C17H22N2O. The Labute approximate surface area is 121 Å². The fourth-order valence-corrected chi connectivity index (χ4v) is 1.92. The fraction of sp³-hybridized carbons (Fsp3) is 0.294. The number of hydrogen-bond acceptors (Lipinski definition) is 3. The number of rotatable bonds is 7. The predicted octanol–water partition coefficient (Wildman–Crippen LogP) is 3.76. The van der Waals surface area contributed by atoms with Crippen LogP contribution in [-0.4, -0.2) is 32.1 Å². The molecule has 0 amide bonds. The van der Waals surface area contributed by atoms with Crippen LogP contribution >= 0.6 is 0 Å². The molecule has 3 nitrogen and oxygen atoms in total. The van der Waals surface area contributed by atoms with E-state index in [4.69, 9.17) is 4.74 Å². The Morgan fingerprint density at radius 2 is 1.70 bits per heavy atom. The van der Waals surface area contributed by atoms with Crippen molar-refractivity contribution in [1.29, 1.82) is 0 Å². The van der Waals surface area contributed by atoms with E-state index in [9.17, 15) is 0 Å². The second kappa shape index (κ2) is 7.56.